The number of likely N-dealkylation sites (tertiary alicyclic amines) is 1. The Morgan fingerprint density at radius 3 is 2.95 bits per heavy atom. The fourth-order valence-electron chi connectivity index (χ4n) is 2.56. The Hall–Kier alpha value is -1.16. The van der Waals surface area contributed by atoms with Crippen molar-refractivity contribution in [1.82, 2.24) is 4.90 Å². The highest BCUT2D eigenvalue weighted by atomic mass is 16.6. The van der Waals surface area contributed by atoms with Gasteiger partial charge in [0.2, 0.25) is 5.91 Å². The molecule has 118 valence electrons. The standard InChI is InChI=1S/C12H22BN3O5/c1-8(2)20-13-3-4-19-9-6-16(10(17)5-14)7-12(9,15)11(18)21-13/h8-9H,3-7,14-15H2,1-2H3. The lowest BCUT2D eigenvalue weighted by Gasteiger charge is -2.32. The van der Waals surface area contributed by atoms with Gasteiger partial charge in [-0.15, -0.1) is 0 Å². The number of nitrogens with zero attached hydrogens (tertiary/aromatic N) is 1. The van der Waals surface area contributed by atoms with Crippen LogP contribution in [0, 0.1) is 0 Å². The van der Waals surface area contributed by atoms with E-state index in [1.807, 2.05) is 13.8 Å². The minimum Gasteiger partial charge on any atom is -0.508 e. The van der Waals surface area contributed by atoms with Crippen molar-refractivity contribution in [3.63, 3.8) is 0 Å². The van der Waals surface area contributed by atoms with Crippen molar-refractivity contribution in [2.75, 3.05) is 26.2 Å². The first kappa shape index (κ1) is 16.2. The lowest BCUT2D eigenvalue weighted by Crippen LogP contribution is -2.61. The van der Waals surface area contributed by atoms with Crippen LogP contribution in [0.2, 0.25) is 6.32 Å². The van der Waals surface area contributed by atoms with Crippen LogP contribution in [-0.2, 0) is 23.6 Å². The Labute approximate surface area is 124 Å². The van der Waals surface area contributed by atoms with Gasteiger partial charge in [-0.3, -0.25) is 9.59 Å². The van der Waals surface area contributed by atoms with Gasteiger partial charge in [-0.25, -0.2) is 0 Å². The SMILES string of the molecule is CC(C)OB1CCOC2CN(C(=O)CN)CC2(N)C(=O)O1. The zero-order chi connectivity index (χ0) is 15.6. The number of ether oxygens (including phenoxy) is 1. The van der Waals surface area contributed by atoms with Crippen molar-refractivity contribution in [1.29, 1.82) is 0 Å². The monoisotopic (exact) mass is 299 g/mol. The summed E-state index contributed by atoms with van der Waals surface area (Å²) in [5.41, 5.74) is 10.1. The van der Waals surface area contributed by atoms with E-state index >= 15 is 0 Å². The van der Waals surface area contributed by atoms with Gasteiger partial charge in [0.05, 0.1) is 13.1 Å². The Kier molecular flexibility index (Phi) is 4.87. The number of carbonyl (C=O) groups is 2. The molecular weight excluding hydrogens is 277 g/mol. The minimum absolute atomic E-state index is 0.0426. The maximum Gasteiger partial charge on any atom is 0.529 e. The van der Waals surface area contributed by atoms with Crippen molar-refractivity contribution in [3.05, 3.63) is 0 Å². The first-order valence-corrected chi connectivity index (χ1v) is 7.11. The highest BCUT2D eigenvalue weighted by Gasteiger charge is 2.54. The quantitative estimate of drug-likeness (QED) is 0.599. The molecule has 0 aromatic rings. The number of rotatable bonds is 3. The molecule has 0 bridgehead atoms. The van der Waals surface area contributed by atoms with Crippen LogP contribution in [0.25, 0.3) is 0 Å². The molecule has 0 aromatic heterocycles. The van der Waals surface area contributed by atoms with Gasteiger partial charge in [0.15, 0.2) is 5.54 Å². The van der Waals surface area contributed by atoms with Gasteiger partial charge in [-0.1, -0.05) is 0 Å². The molecule has 2 fully saturated rings. The lowest BCUT2D eigenvalue weighted by atomic mass is 9.82. The molecule has 2 saturated heterocycles. The Morgan fingerprint density at radius 1 is 1.62 bits per heavy atom. The summed E-state index contributed by atoms with van der Waals surface area (Å²) in [6, 6.07) is 0. The van der Waals surface area contributed by atoms with Crippen LogP contribution >= 0.6 is 0 Å². The predicted molar refractivity (Wildman–Crippen MR) is 75.2 cm³/mol. The lowest BCUT2D eigenvalue weighted by molar-refractivity contribution is -0.148. The Bertz CT molecular complexity index is 422. The number of fused-ring (bicyclic) bond motifs is 1. The minimum atomic E-state index is -1.37. The average Bonchev–Trinajstić information content (AvgIpc) is 2.74. The molecule has 2 atom stereocenters. The average molecular weight is 299 g/mol. The third kappa shape index (κ3) is 3.37. The summed E-state index contributed by atoms with van der Waals surface area (Å²) in [6.07, 6.45) is -0.229. The second-order valence-electron chi connectivity index (χ2n) is 5.69. The van der Waals surface area contributed by atoms with Gasteiger partial charge in [-0.2, -0.15) is 0 Å². The van der Waals surface area contributed by atoms with Crippen molar-refractivity contribution in [2.24, 2.45) is 11.5 Å². The molecule has 0 aromatic carbocycles. The Morgan fingerprint density at radius 2 is 2.33 bits per heavy atom. The van der Waals surface area contributed by atoms with E-state index in [0.29, 0.717) is 12.9 Å². The maximum atomic E-state index is 12.3. The van der Waals surface area contributed by atoms with Gasteiger partial charge in [0, 0.05) is 25.6 Å². The summed E-state index contributed by atoms with van der Waals surface area (Å²) in [7, 11) is -0.682. The van der Waals surface area contributed by atoms with E-state index in [0.717, 1.165) is 0 Å². The number of amides is 1. The number of nitrogens with two attached hydrogens (primary N) is 2. The molecule has 8 nitrogen and oxygen atoms in total. The molecule has 0 aliphatic carbocycles. The summed E-state index contributed by atoms with van der Waals surface area (Å²) >= 11 is 0. The molecule has 1 amide bonds. The number of hydrogen-bond acceptors (Lipinski definition) is 7. The van der Waals surface area contributed by atoms with Crippen LogP contribution in [0.3, 0.4) is 0 Å². The second kappa shape index (κ2) is 6.31. The summed E-state index contributed by atoms with van der Waals surface area (Å²) < 4.78 is 16.5. The van der Waals surface area contributed by atoms with E-state index in [2.05, 4.69) is 0 Å². The van der Waals surface area contributed by atoms with Gasteiger partial charge in [-0.05, 0) is 13.8 Å². The van der Waals surface area contributed by atoms with Gasteiger partial charge < -0.3 is 30.4 Å². The topological polar surface area (TPSA) is 117 Å². The summed E-state index contributed by atoms with van der Waals surface area (Å²) in [5, 5.41) is 0. The number of hydrogen-bond donors (Lipinski definition) is 2. The smallest absolute Gasteiger partial charge is 0.508 e. The van der Waals surface area contributed by atoms with Crippen LogP contribution in [-0.4, -0.2) is 67.9 Å². The molecule has 0 spiro atoms. The van der Waals surface area contributed by atoms with E-state index in [-0.39, 0.29) is 31.6 Å². The largest absolute Gasteiger partial charge is 0.529 e. The van der Waals surface area contributed by atoms with Crippen LogP contribution < -0.4 is 11.5 Å². The molecule has 2 aliphatic heterocycles. The maximum absolute atomic E-state index is 12.3. The van der Waals surface area contributed by atoms with Crippen molar-refractivity contribution < 1.29 is 23.6 Å². The van der Waals surface area contributed by atoms with Gasteiger partial charge >= 0.3 is 13.1 Å². The number of carbonyl (C=O) groups excluding carboxylic acids is 2. The van der Waals surface area contributed by atoms with Gasteiger partial charge in [0.1, 0.15) is 6.10 Å². The van der Waals surface area contributed by atoms with Crippen molar-refractivity contribution >= 4 is 19.0 Å². The third-order valence-electron chi connectivity index (χ3n) is 3.66. The van der Waals surface area contributed by atoms with Crippen LogP contribution in [0.5, 0.6) is 0 Å². The zero-order valence-electron chi connectivity index (χ0n) is 12.4. The summed E-state index contributed by atoms with van der Waals surface area (Å²) in [6.45, 7) is 4.21. The fourth-order valence-corrected chi connectivity index (χ4v) is 2.56. The predicted octanol–water partition coefficient (Wildman–Crippen LogP) is -1.66. The van der Waals surface area contributed by atoms with Crippen LogP contribution in [0.4, 0.5) is 0 Å². The first-order valence-electron chi connectivity index (χ1n) is 7.11. The molecule has 4 N–H and O–H groups in total. The molecule has 2 unspecified atom stereocenters. The van der Waals surface area contributed by atoms with E-state index < -0.39 is 24.7 Å². The second-order valence-corrected chi connectivity index (χ2v) is 5.69. The van der Waals surface area contributed by atoms with E-state index in [9.17, 15) is 9.59 Å². The van der Waals surface area contributed by atoms with Crippen molar-refractivity contribution in [3.8, 4) is 0 Å². The third-order valence-corrected chi connectivity index (χ3v) is 3.66. The Balaban J connectivity index is 2.11. The first-order chi connectivity index (χ1) is 9.86. The van der Waals surface area contributed by atoms with E-state index in [4.69, 9.17) is 25.5 Å². The summed E-state index contributed by atoms with van der Waals surface area (Å²) in [4.78, 5) is 25.5. The van der Waals surface area contributed by atoms with Crippen molar-refractivity contribution in [2.45, 2.75) is 37.9 Å². The molecule has 0 saturated carbocycles. The van der Waals surface area contributed by atoms with Crippen LogP contribution in [0.1, 0.15) is 13.8 Å². The molecule has 2 heterocycles. The fraction of sp³-hybridized carbons (Fsp3) is 0.833. The van der Waals surface area contributed by atoms with E-state index in [1.54, 1.807) is 0 Å². The normalized spacial score (nSPS) is 30.0. The molecule has 2 rings (SSSR count). The molecule has 9 heteroatoms. The van der Waals surface area contributed by atoms with E-state index in [1.165, 1.54) is 4.90 Å². The van der Waals surface area contributed by atoms with Gasteiger partial charge in [0.25, 0.3) is 0 Å². The zero-order valence-corrected chi connectivity index (χ0v) is 12.4. The molecular formula is C12H22BN3O5. The molecule has 2 aliphatic rings. The highest BCUT2D eigenvalue weighted by Crippen LogP contribution is 2.27. The molecule has 21 heavy (non-hydrogen) atoms. The highest BCUT2D eigenvalue weighted by molar-refractivity contribution is 6.47. The van der Waals surface area contributed by atoms with Crippen LogP contribution in [0.15, 0.2) is 0 Å². The molecule has 0 radical (unpaired) electrons. The summed E-state index contributed by atoms with van der Waals surface area (Å²) in [5.74, 6) is -0.872.